The molecule has 0 atom stereocenters. The molecule has 0 radical (unpaired) electrons. The highest BCUT2D eigenvalue weighted by Gasteiger charge is 2.56. The fraction of sp³-hybridized carbons (Fsp3) is 0.229. The van der Waals surface area contributed by atoms with Gasteiger partial charge in [0, 0.05) is 41.3 Å². The lowest BCUT2D eigenvalue weighted by atomic mass is 10.0. The molecule has 6 rings (SSSR count). The number of hydrogen-bond donors (Lipinski definition) is 4. The maximum absolute atomic E-state index is 15.3. The zero-order valence-electron chi connectivity index (χ0n) is 26.3. The second-order valence-electron chi connectivity index (χ2n) is 11.8. The van der Waals surface area contributed by atoms with Gasteiger partial charge in [0.05, 0.1) is 11.1 Å². The van der Waals surface area contributed by atoms with Crippen LogP contribution in [0.1, 0.15) is 29.6 Å². The first-order valence-corrected chi connectivity index (χ1v) is 15.4. The number of pyridine rings is 1. The molecule has 2 aromatic heterocycles. The van der Waals surface area contributed by atoms with E-state index >= 15 is 4.39 Å². The van der Waals surface area contributed by atoms with Crippen LogP contribution in [0.5, 0.6) is 11.5 Å². The van der Waals surface area contributed by atoms with E-state index in [0.29, 0.717) is 47.4 Å². The number of aromatic nitrogens is 3. The number of nitrogens with one attached hydrogen (secondary N) is 4. The van der Waals surface area contributed by atoms with E-state index in [1.54, 1.807) is 30.3 Å². The van der Waals surface area contributed by atoms with E-state index < -0.39 is 28.9 Å². The molecule has 13 heteroatoms. The second-order valence-corrected chi connectivity index (χ2v) is 11.8. The van der Waals surface area contributed by atoms with E-state index in [-0.39, 0.29) is 23.1 Å². The summed E-state index contributed by atoms with van der Waals surface area (Å²) in [5.41, 5.74) is 1.37. The van der Waals surface area contributed by atoms with Crippen molar-refractivity contribution < 1.29 is 27.9 Å². The number of hydrogen-bond acceptors (Lipinski definition) is 7. The average Bonchev–Trinajstić information content (AvgIpc) is 3.78. The third-order valence-electron chi connectivity index (χ3n) is 8.05. The summed E-state index contributed by atoms with van der Waals surface area (Å²) >= 11 is 0. The Kier molecular flexibility index (Phi) is 9.13. The number of carbonyl (C=O) groups excluding carboxylic acids is 3. The van der Waals surface area contributed by atoms with Crippen molar-refractivity contribution in [2.45, 2.75) is 19.3 Å². The fourth-order valence-electron chi connectivity index (χ4n) is 5.20. The van der Waals surface area contributed by atoms with Crippen molar-refractivity contribution in [3.8, 4) is 22.8 Å². The molecule has 0 unspecified atom stereocenters. The number of nitrogens with zero attached hydrogens (tertiary/aromatic N) is 3. The van der Waals surface area contributed by atoms with Crippen molar-refractivity contribution in [3.63, 3.8) is 0 Å². The van der Waals surface area contributed by atoms with Crippen molar-refractivity contribution in [2.24, 2.45) is 5.41 Å². The molecule has 0 saturated heterocycles. The summed E-state index contributed by atoms with van der Waals surface area (Å²) in [6, 6.07) is 17.8. The number of aromatic amines is 1. The molecule has 3 aromatic carbocycles. The van der Waals surface area contributed by atoms with Gasteiger partial charge < -0.3 is 25.6 Å². The molecule has 1 fully saturated rings. The molecular formula is C35H33F2N7O4. The van der Waals surface area contributed by atoms with Gasteiger partial charge in [0.25, 0.3) is 5.91 Å². The van der Waals surface area contributed by atoms with Crippen molar-refractivity contribution >= 4 is 40.1 Å². The maximum atomic E-state index is 15.3. The normalized spacial score (nSPS) is 13.3. The molecule has 4 N–H and O–H groups in total. The lowest BCUT2D eigenvalue weighted by molar-refractivity contribution is -0.131. The molecule has 0 spiro atoms. The van der Waals surface area contributed by atoms with Gasteiger partial charge in [0.1, 0.15) is 17.0 Å². The Morgan fingerprint density at radius 3 is 2.25 bits per heavy atom. The summed E-state index contributed by atoms with van der Waals surface area (Å²) in [5.74, 6) is -2.26. The van der Waals surface area contributed by atoms with E-state index in [9.17, 15) is 18.8 Å². The molecule has 1 saturated carbocycles. The van der Waals surface area contributed by atoms with Crippen molar-refractivity contribution in [1.29, 1.82) is 0 Å². The van der Waals surface area contributed by atoms with E-state index in [4.69, 9.17) is 4.74 Å². The van der Waals surface area contributed by atoms with Crippen molar-refractivity contribution in [3.05, 3.63) is 96.2 Å². The topological polar surface area (TPSA) is 141 Å². The number of amides is 3. The Hall–Kier alpha value is -5.69. The molecule has 11 nitrogen and oxygen atoms in total. The number of benzene rings is 3. The minimum atomic E-state index is -1.30. The highest BCUT2D eigenvalue weighted by atomic mass is 19.1. The summed E-state index contributed by atoms with van der Waals surface area (Å²) < 4.78 is 34.5. The molecule has 1 aliphatic rings. The van der Waals surface area contributed by atoms with Crippen LogP contribution in [0, 0.1) is 17.0 Å². The van der Waals surface area contributed by atoms with Gasteiger partial charge in [-0.3, -0.25) is 19.5 Å². The standard InChI is InChI=1S/C35H33F2N7O4/c1-44(2)19-3-17-39-32(45)22-6-4-21(5-7-22)30-29-28(14-18-38-31(29)43-42-30)48-27-13-12-25(20-26(27)37)41-34(47)35(15-16-35)33(46)40-24-10-8-23(36)9-11-24/h4-14,18,20H,3,15-17,19H2,1-2H3,(H,39,45)(H,40,46)(H,41,47)(H,38,42,43). The highest BCUT2D eigenvalue weighted by Crippen LogP contribution is 2.47. The van der Waals surface area contributed by atoms with Gasteiger partial charge in [-0.1, -0.05) is 12.1 Å². The molecule has 2 heterocycles. The van der Waals surface area contributed by atoms with E-state index in [1.165, 1.54) is 42.6 Å². The zero-order chi connectivity index (χ0) is 33.8. The Balaban J connectivity index is 1.14. The lowest BCUT2D eigenvalue weighted by Crippen LogP contribution is -2.35. The van der Waals surface area contributed by atoms with Gasteiger partial charge in [-0.25, -0.2) is 13.8 Å². The summed E-state index contributed by atoms with van der Waals surface area (Å²) in [4.78, 5) is 44.9. The first-order chi connectivity index (χ1) is 23.1. The van der Waals surface area contributed by atoms with Gasteiger partial charge in [0.15, 0.2) is 17.2 Å². The molecular weight excluding hydrogens is 620 g/mol. The molecule has 0 aliphatic heterocycles. The average molecular weight is 654 g/mol. The van der Waals surface area contributed by atoms with Gasteiger partial charge in [-0.15, -0.1) is 0 Å². The Bertz CT molecular complexity index is 1970. The van der Waals surface area contributed by atoms with Gasteiger partial charge >= 0.3 is 0 Å². The number of anilines is 2. The van der Waals surface area contributed by atoms with Gasteiger partial charge in [-0.2, -0.15) is 5.10 Å². The predicted molar refractivity (Wildman–Crippen MR) is 177 cm³/mol. The van der Waals surface area contributed by atoms with Crippen LogP contribution in [0.25, 0.3) is 22.3 Å². The van der Waals surface area contributed by atoms with E-state index in [0.717, 1.165) is 24.6 Å². The van der Waals surface area contributed by atoms with Crippen molar-refractivity contribution in [2.75, 3.05) is 37.8 Å². The van der Waals surface area contributed by atoms with Gasteiger partial charge in [-0.05, 0) is 94.5 Å². The molecule has 0 bridgehead atoms. The van der Waals surface area contributed by atoms with Crippen molar-refractivity contribution in [1.82, 2.24) is 25.4 Å². The number of rotatable bonds is 12. The number of fused-ring (bicyclic) bond motifs is 1. The number of ether oxygens (including phenoxy) is 1. The monoisotopic (exact) mass is 653 g/mol. The summed E-state index contributed by atoms with van der Waals surface area (Å²) in [6.45, 7) is 1.44. The van der Waals surface area contributed by atoms with Crippen LogP contribution in [0.3, 0.4) is 0 Å². The van der Waals surface area contributed by atoms with E-state index in [1.807, 2.05) is 14.1 Å². The summed E-state index contributed by atoms with van der Waals surface area (Å²) in [6.07, 6.45) is 2.98. The Morgan fingerprint density at radius 1 is 0.896 bits per heavy atom. The third kappa shape index (κ3) is 7.00. The van der Waals surface area contributed by atoms with Crippen LogP contribution in [0.4, 0.5) is 20.2 Å². The third-order valence-corrected chi connectivity index (χ3v) is 8.05. The lowest BCUT2D eigenvalue weighted by Gasteiger charge is -2.16. The minimum absolute atomic E-state index is 0.107. The molecule has 246 valence electrons. The number of H-pyrrole nitrogens is 1. The quantitative estimate of drug-likeness (QED) is 0.0995. The number of halogens is 2. The molecule has 48 heavy (non-hydrogen) atoms. The largest absolute Gasteiger partial charge is 0.453 e. The van der Waals surface area contributed by atoms with E-state index in [2.05, 4.69) is 36.0 Å². The molecule has 1 aliphatic carbocycles. The molecule has 3 amide bonds. The first kappa shape index (κ1) is 32.3. The van der Waals surface area contributed by atoms with Crippen LogP contribution < -0.4 is 20.7 Å². The van der Waals surface area contributed by atoms with Gasteiger partial charge in [0.2, 0.25) is 11.8 Å². The minimum Gasteiger partial charge on any atom is -0.453 e. The number of carbonyl (C=O) groups is 3. The smallest absolute Gasteiger partial charge is 0.251 e. The highest BCUT2D eigenvalue weighted by molar-refractivity contribution is 6.17. The van der Waals surface area contributed by atoms with Crippen LogP contribution in [0.15, 0.2) is 79.0 Å². The Labute approximate surface area is 274 Å². The van der Waals surface area contributed by atoms with Crippen LogP contribution in [-0.2, 0) is 9.59 Å². The fourth-order valence-corrected chi connectivity index (χ4v) is 5.20. The zero-order valence-corrected chi connectivity index (χ0v) is 26.3. The maximum Gasteiger partial charge on any atom is 0.251 e. The summed E-state index contributed by atoms with van der Waals surface area (Å²) in [7, 11) is 3.96. The SMILES string of the molecule is CN(C)CCCNC(=O)c1ccc(-c2[nH]nc3nccc(Oc4ccc(NC(=O)C5(C(=O)Nc6ccc(F)cc6)CC5)cc4F)c23)cc1. The predicted octanol–water partition coefficient (Wildman–Crippen LogP) is 5.73. The van der Waals surface area contributed by atoms with Crippen LogP contribution in [-0.4, -0.2) is 65.0 Å². The van der Waals surface area contributed by atoms with Crippen LogP contribution >= 0.6 is 0 Å². The second kappa shape index (κ2) is 13.6. The van der Waals surface area contributed by atoms with Crippen LogP contribution in [0.2, 0.25) is 0 Å². The molecule has 5 aromatic rings. The Morgan fingerprint density at radius 2 is 1.58 bits per heavy atom. The summed E-state index contributed by atoms with van der Waals surface area (Å²) in [5, 5.41) is 15.9. The first-order valence-electron chi connectivity index (χ1n) is 15.4.